The molecule has 3 rings (SSSR count). The topological polar surface area (TPSA) is 37.8 Å². The van der Waals surface area contributed by atoms with Crippen molar-refractivity contribution < 1.29 is 0 Å². The van der Waals surface area contributed by atoms with Gasteiger partial charge in [-0.15, -0.1) is 0 Å². The van der Waals surface area contributed by atoms with E-state index < -0.39 is 0 Å². The number of benzene rings is 1. The molecule has 0 saturated heterocycles. The van der Waals surface area contributed by atoms with E-state index in [1.165, 1.54) is 12.8 Å². The van der Waals surface area contributed by atoms with Crippen molar-refractivity contribution in [3.8, 4) is 0 Å². The molecule has 1 unspecified atom stereocenters. The summed E-state index contributed by atoms with van der Waals surface area (Å²) in [6.07, 6.45) is 3.72. The molecule has 1 aliphatic carbocycles. The van der Waals surface area contributed by atoms with Crippen molar-refractivity contribution in [2.24, 2.45) is 5.92 Å². The highest BCUT2D eigenvalue weighted by atomic mass is 14.9. The number of hydrogen-bond donors (Lipinski definition) is 1. The molecule has 1 heterocycles. The maximum absolute atomic E-state index is 4.80. The Kier molecular flexibility index (Phi) is 3.47. The second-order valence-electron chi connectivity index (χ2n) is 5.45. The van der Waals surface area contributed by atoms with Crippen LogP contribution in [-0.4, -0.2) is 22.6 Å². The van der Waals surface area contributed by atoms with Crippen molar-refractivity contribution in [2.45, 2.75) is 39.2 Å². The normalized spacial score (nSPS) is 16.7. The lowest BCUT2D eigenvalue weighted by Gasteiger charge is -2.17. The van der Waals surface area contributed by atoms with Gasteiger partial charge in [0.05, 0.1) is 22.4 Å². The number of aromatic nitrogens is 2. The summed E-state index contributed by atoms with van der Waals surface area (Å²) in [5.41, 5.74) is 4.23. The molecule has 1 aromatic heterocycles. The van der Waals surface area contributed by atoms with Crippen LogP contribution in [0.15, 0.2) is 24.3 Å². The van der Waals surface area contributed by atoms with Crippen LogP contribution in [0.3, 0.4) is 0 Å². The highest BCUT2D eigenvalue weighted by molar-refractivity contribution is 5.74. The van der Waals surface area contributed by atoms with Gasteiger partial charge in [0.25, 0.3) is 0 Å². The first-order valence-electron chi connectivity index (χ1n) is 7.23. The second-order valence-corrected chi connectivity index (χ2v) is 5.45. The summed E-state index contributed by atoms with van der Waals surface area (Å²) in [6.45, 7) is 5.28. The van der Waals surface area contributed by atoms with Crippen LogP contribution in [0.4, 0.5) is 0 Å². The summed E-state index contributed by atoms with van der Waals surface area (Å²) >= 11 is 0. The van der Waals surface area contributed by atoms with E-state index in [2.05, 4.69) is 24.1 Å². The molecule has 0 radical (unpaired) electrons. The number of hydrogen-bond acceptors (Lipinski definition) is 3. The molecule has 1 aliphatic rings. The fraction of sp³-hybridized carbons (Fsp3) is 0.500. The van der Waals surface area contributed by atoms with Crippen LogP contribution in [-0.2, 0) is 6.42 Å². The van der Waals surface area contributed by atoms with Crippen LogP contribution < -0.4 is 5.32 Å². The monoisotopic (exact) mass is 255 g/mol. The summed E-state index contributed by atoms with van der Waals surface area (Å²) < 4.78 is 0. The van der Waals surface area contributed by atoms with Gasteiger partial charge in [0.15, 0.2) is 0 Å². The third-order valence-electron chi connectivity index (χ3n) is 3.91. The third-order valence-corrected chi connectivity index (χ3v) is 3.91. The van der Waals surface area contributed by atoms with Crippen molar-refractivity contribution in [1.82, 2.24) is 15.3 Å². The largest absolute Gasteiger partial charge is 0.314 e. The standard InChI is InChI=1S/C16H21N3/c1-3-17-16(12-8-9-12)10-15-11(2)18-13-6-4-5-7-14(13)19-15/h4-7,12,16-17H,3,8-10H2,1-2H3. The molecule has 1 aromatic carbocycles. The van der Waals surface area contributed by atoms with Crippen molar-refractivity contribution in [3.63, 3.8) is 0 Å². The molecule has 19 heavy (non-hydrogen) atoms. The average Bonchev–Trinajstić information content (AvgIpc) is 3.23. The SMILES string of the molecule is CCNC(Cc1nc2ccccc2nc1C)C1CC1. The molecule has 1 fully saturated rings. The minimum Gasteiger partial charge on any atom is -0.314 e. The molecule has 0 spiro atoms. The first kappa shape index (κ1) is 12.5. The van der Waals surface area contributed by atoms with E-state index in [-0.39, 0.29) is 0 Å². The van der Waals surface area contributed by atoms with Gasteiger partial charge in [0.1, 0.15) is 0 Å². The summed E-state index contributed by atoms with van der Waals surface area (Å²) in [4.78, 5) is 9.48. The maximum atomic E-state index is 4.80. The maximum Gasteiger partial charge on any atom is 0.0890 e. The molecule has 1 atom stereocenters. The van der Waals surface area contributed by atoms with Gasteiger partial charge in [0, 0.05) is 12.5 Å². The predicted molar refractivity (Wildman–Crippen MR) is 78.2 cm³/mol. The lowest BCUT2D eigenvalue weighted by Crippen LogP contribution is -2.33. The number of nitrogens with one attached hydrogen (secondary N) is 1. The highest BCUT2D eigenvalue weighted by Crippen LogP contribution is 2.34. The zero-order chi connectivity index (χ0) is 13.2. The van der Waals surface area contributed by atoms with E-state index in [1.54, 1.807) is 0 Å². The molecule has 0 aliphatic heterocycles. The number of fused-ring (bicyclic) bond motifs is 1. The Labute approximate surface area is 114 Å². The summed E-state index contributed by atoms with van der Waals surface area (Å²) in [7, 11) is 0. The highest BCUT2D eigenvalue weighted by Gasteiger charge is 2.31. The van der Waals surface area contributed by atoms with Gasteiger partial charge in [-0.2, -0.15) is 0 Å². The molecule has 100 valence electrons. The minimum absolute atomic E-state index is 0.569. The average molecular weight is 255 g/mol. The lowest BCUT2D eigenvalue weighted by molar-refractivity contribution is 0.467. The molecule has 3 heteroatoms. The molecule has 3 nitrogen and oxygen atoms in total. The predicted octanol–water partition coefficient (Wildman–Crippen LogP) is 2.87. The summed E-state index contributed by atoms with van der Waals surface area (Å²) in [6, 6.07) is 8.69. The van der Waals surface area contributed by atoms with Gasteiger partial charge < -0.3 is 5.32 Å². The van der Waals surface area contributed by atoms with E-state index in [1.807, 2.05) is 24.3 Å². The molecule has 2 aromatic rings. The van der Waals surface area contributed by atoms with Gasteiger partial charge in [0.2, 0.25) is 0 Å². The van der Waals surface area contributed by atoms with Crippen molar-refractivity contribution >= 4 is 11.0 Å². The minimum atomic E-state index is 0.569. The number of likely N-dealkylation sites (N-methyl/N-ethyl adjacent to an activating group) is 1. The Morgan fingerprint density at radius 2 is 1.89 bits per heavy atom. The number of para-hydroxylation sites is 2. The van der Waals surface area contributed by atoms with E-state index >= 15 is 0 Å². The smallest absolute Gasteiger partial charge is 0.0890 e. The first-order valence-corrected chi connectivity index (χ1v) is 7.23. The van der Waals surface area contributed by atoms with Crippen LogP contribution >= 0.6 is 0 Å². The quantitative estimate of drug-likeness (QED) is 0.892. The summed E-state index contributed by atoms with van der Waals surface area (Å²) in [5.74, 6) is 0.840. The van der Waals surface area contributed by atoms with Crippen LogP contribution in [0.5, 0.6) is 0 Å². The Morgan fingerprint density at radius 1 is 1.21 bits per heavy atom. The van der Waals surface area contributed by atoms with Crippen LogP contribution in [0.2, 0.25) is 0 Å². The van der Waals surface area contributed by atoms with Crippen LogP contribution in [0.25, 0.3) is 11.0 Å². The fourth-order valence-corrected chi connectivity index (χ4v) is 2.69. The number of nitrogens with zero attached hydrogens (tertiary/aromatic N) is 2. The van der Waals surface area contributed by atoms with E-state index in [9.17, 15) is 0 Å². The second kappa shape index (κ2) is 5.25. The van der Waals surface area contributed by atoms with E-state index in [4.69, 9.17) is 4.98 Å². The first-order chi connectivity index (χ1) is 9.28. The number of rotatable bonds is 5. The molecule has 0 amide bonds. The van der Waals surface area contributed by atoms with Crippen molar-refractivity contribution in [1.29, 1.82) is 0 Å². The Morgan fingerprint density at radius 3 is 2.53 bits per heavy atom. The van der Waals surface area contributed by atoms with Crippen molar-refractivity contribution in [2.75, 3.05) is 6.54 Å². The zero-order valence-electron chi connectivity index (χ0n) is 11.7. The lowest BCUT2D eigenvalue weighted by atomic mass is 10.0. The van der Waals surface area contributed by atoms with Gasteiger partial charge in [-0.3, -0.25) is 0 Å². The molecule has 1 N–H and O–H groups in total. The Bertz CT molecular complexity index is 575. The molecule has 0 bridgehead atoms. The van der Waals surface area contributed by atoms with Gasteiger partial charge >= 0.3 is 0 Å². The van der Waals surface area contributed by atoms with Crippen LogP contribution in [0, 0.1) is 12.8 Å². The van der Waals surface area contributed by atoms with Gasteiger partial charge in [-0.25, -0.2) is 9.97 Å². The van der Waals surface area contributed by atoms with Gasteiger partial charge in [-0.05, 0) is 44.4 Å². The molecular formula is C16H21N3. The Hall–Kier alpha value is -1.48. The van der Waals surface area contributed by atoms with E-state index in [0.29, 0.717) is 6.04 Å². The Balaban J connectivity index is 1.88. The molecular weight excluding hydrogens is 234 g/mol. The van der Waals surface area contributed by atoms with Crippen molar-refractivity contribution in [3.05, 3.63) is 35.7 Å². The summed E-state index contributed by atoms with van der Waals surface area (Å²) in [5, 5.41) is 3.60. The number of aryl methyl sites for hydroxylation is 1. The fourth-order valence-electron chi connectivity index (χ4n) is 2.69. The zero-order valence-corrected chi connectivity index (χ0v) is 11.7. The third kappa shape index (κ3) is 2.76. The van der Waals surface area contributed by atoms with E-state index in [0.717, 1.165) is 41.3 Å². The van der Waals surface area contributed by atoms with Gasteiger partial charge in [-0.1, -0.05) is 19.1 Å². The molecule has 1 saturated carbocycles. The van der Waals surface area contributed by atoms with Crippen LogP contribution in [0.1, 0.15) is 31.2 Å².